The van der Waals surface area contributed by atoms with Crippen LogP contribution >= 0.6 is 22.9 Å². The molecular weight excluding hydrogens is 373 g/mol. The van der Waals surface area contributed by atoms with Gasteiger partial charge in [0, 0.05) is 27.6 Å². The van der Waals surface area contributed by atoms with Crippen LogP contribution in [0.4, 0.5) is 18.3 Å². The van der Waals surface area contributed by atoms with Gasteiger partial charge in [0.25, 0.3) is 0 Å². The molecule has 1 N–H and O–H groups in total. The molecule has 0 fully saturated rings. The second-order valence-electron chi connectivity index (χ2n) is 5.09. The fourth-order valence-corrected chi connectivity index (χ4v) is 3.13. The summed E-state index contributed by atoms with van der Waals surface area (Å²) in [5, 5.41) is 4.42. The average molecular weight is 383 g/mol. The summed E-state index contributed by atoms with van der Waals surface area (Å²) in [5.74, 6) is -2.52. The first-order valence-electron chi connectivity index (χ1n) is 7.07. The maximum Gasteiger partial charge on any atom is 0.230 e. The third kappa shape index (κ3) is 4.00. The highest BCUT2D eigenvalue weighted by atomic mass is 35.5. The molecule has 0 saturated heterocycles. The Hall–Kier alpha value is -2.38. The molecule has 8 heteroatoms. The number of halogens is 4. The summed E-state index contributed by atoms with van der Waals surface area (Å²) in [5.41, 5.74) is 0.472. The largest absolute Gasteiger partial charge is 0.302 e. The van der Waals surface area contributed by atoms with Crippen molar-refractivity contribution in [3.8, 4) is 11.3 Å². The summed E-state index contributed by atoms with van der Waals surface area (Å²) in [6.45, 7) is 0. The first kappa shape index (κ1) is 17.4. The molecule has 1 amide bonds. The van der Waals surface area contributed by atoms with Crippen molar-refractivity contribution < 1.29 is 18.0 Å². The van der Waals surface area contributed by atoms with Gasteiger partial charge in [0.15, 0.2) is 5.13 Å². The molecule has 0 bridgehead atoms. The Morgan fingerprint density at radius 1 is 1.16 bits per heavy atom. The zero-order chi connectivity index (χ0) is 18.0. The number of carbonyl (C=O) groups excluding carboxylic acids is 1. The molecule has 3 nitrogen and oxygen atoms in total. The topological polar surface area (TPSA) is 42.0 Å². The second-order valence-corrected chi connectivity index (χ2v) is 6.35. The van der Waals surface area contributed by atoms with Crippen LogP contribution in [-0.4, -0.2) is 10.9 Å². The fraction of sp³-hybridized carbons (Fsp3) is 0.0588. The Morgan fingerprint density at radius 3 is 2.68 bits per heavy atom. The van der Waals surface area contributed by atoms with E-state index in [2.05, 4.69) is 10.3 Å². The summed E-state index contributed by atoms with van der Waals surface area (Å²) < 4.78 is 40.4. The number of rotatable bonds is 4. The predicted octanol–water partition coefficient (Wildman–Crippen LogP) is 5.06. The van der Waals surface area contributed by atoms with Crippen LogP contribution in [-0.2, 0) is 11.2 Å². The molecule has 25 heavy (non-hydrogen) atoms. The van der Waals surface area contributed by atoms with E-state index in [-0.39, 0.29) is 33.4 Å². The van der Waals surface area contributed by atoms with E-state index in [0.717, 1.165) is 23.5 Å². The summed E-state index contributed by atoms with van der Waals surface area (Å²) in [6.07, 6.45) is -0.259. The number of anilines is 1. The molecule has 0 radical (unpaired) electrons. The van der Waals surface area contributed by atoms with E-state index in [4.69, 9.17) is 11.6 Å². The standard InChI is InChI=1S/C17H10ClF3N2OS/c18-12-2-1-3-13(20)11(12)7-16(24)23-17-22-15(8-25-17)10-5-4-9(19)6-14(10)21/h1-6,8H,7H2,(H,22,23,24). The molecular formula is C17H10ClF3N2OS. The lowest BCUT2D eigenvalue weighted by Crippen LogP contribution is -2.15. The minimum atomic E-state index is -0.749. The molecule has 2 aromatic carbocycles. The van der Waals surface area contributed by atoms with Gasteiger partial charge in [0.2, 0.25) is 5.91 Å². The zero-order valence-electron chi connectivity index (χ0n) is 12.5. The average Bonchev–Trinajstić information content (AvgIpc) is 2.99. The zero-order valence-corrected chi connectivity index (χ0v) is 14.1. The maximum atomic E-state index is 13.8. The van der Waals surface area contributed by atoms with Crippen molar-refractivity contribution >= 4 is 34.0 Å². The van der Waals surface area contributed by atoms with E-state index in [0.29, 0.717) is 0 Å². The van der Waals surface area contributed by atoms with Crippen molar-refractivity contribution in [2.45, 2.75) is 6.42 Å². The number of hydrogen-bond acceptors (Lipinski definition) is 3. The molecule has 0 unspecified atom stereocenters. The smallest absolute Gasteiger partial charge is 0.230 e. The van der Waals surface area contributed by atoms with Gasteiger partial charge in [-0.05, 0) is 24.3 Å². The van der Waals surface area contributed by atoms with Gasteiger partial charge in [-0.1, -0.05) is 17.7 Å². The van der Waals surface area contributed by atoms with E-state index in [1.54, 1.807) is 0 Å². The Labute approximate surface area is 150 Å². The van der Waals surface area contributed by atoms with Gasteiger partial charge < -0.3 is 5.32 Å². The lowest BCUT2D eigenvalue weighted by molar-refractivity contribution is -0.115. The molecule has 1 aromatic heterocycles. The van der Waals surface area contributed by atoms with Gasteiger partial charge in [0.05, 0.1) is 12.1 Å². The van der Waals surface area contributed by atoms with Crippen molar-refractivity contribution in [3.05, 3.63) is 69.8 Å². The number of hydrogen-bond donors (Lipinski definition) is 1. The third-order valence-electron chi connectivity index (χ3n) is 3.36. The van der Waals surface area contributed by atoms with Crippen LogP contribution in [0.3, 0.4) is 0 Å². The predicted molar refractivity (Wildman–Crippen MR) is 91.2 cm³/mol. The van der Waals surface area contributed by atoms with Gasteiger partial charge in [-0.3, -0.25) is 4.79 Å². The number of carbonyl (C=O) groups is 1. The van der Waals surface area contributed by atoms with E-state index in [9.17, 15) is 18.0 Å². The molecule has 3 rings (SSSR count). The molecule has 0 aliphatic heterocycles. The normalized spacial score (nSPS) is 10.7. The summed E-state index contributed by atoms with van der Waals surface area (Å²) in [7, 11) is 0. The highest BCUT2D eigenvalue weighted by molar-refractivity contribution is 7.14. The van der Waals surface area contributed by atoms with Crippen molar-refractivity contribution in [1.29, 1.82) is 0 Å². The van der Waals surface area contributed by atoms with Gasteiger partial charge in [-0.2, -0.15) is 0 Å². The minimum absolute atomic E-state index is 0.0861. The van der Waals surface area contributed by atoms with Crippen LogP contribution in [0, 0.1) is 17.5 Å². The summed E-state index contributed by atoms with van der Waals surface area (Å²) in [4.78, 5) is 16.1. The molecule has 0 saturated carbocycles. The maximum absolute atomic E-state index is 13.8. The number of thiazole rings is 1. The first-order valence-corrected chi connectivity index (χ1v) is 8.33. The van der Waals surface area contributed by atoms with Crippen LogP contribution in [0.15, 0.2) is 41.8 Å². The van der Waals surface area contributed by atoms with Crippen molar-refractivity contribution in [3.63, 3.8) is 0 Å². The molecule has 0 aliphatic rings. The summed E-state index contributed by atoms with van der Waals surface area (Å²) >= 11 is 6.96. The number of benzene rings is 2. The number of nitrogens with one attached hydrogen (secondary N) is 1. The second kappa shape index (κ2) is 7.25. The minimum Gasteiger partial charge on any atom is -0.302 e. The van der Waals surface area contributed by atoms with Gasteiger partial charge in [-0.25, -0.2) is 18.2 Å². The molecule has 0 spiro atoms. The highest BCUT2D eigenvalue weighted by Crippen LogP contribution is 2.28. The Morgan fingerprint density at radius 2 is 1.96 bits per heavy atom. The SMILES string of the molecule is O=C(Cc1c(F)cccc1Cl)Nc1nc(-c2ccc(F)cc2F)cs1. The number of nitrogens with zero attached hydrogens (tertiary/aromatic N) is 1. The van der Waals surface area contributed by atoms with Crippen molar-refractivity contribution in [2.24, 2.45) is 0 Å². The van der Waals surface area contributed by atoms with E-state index in [1.165, 1.54) is 29.6 Å². The van der Waals surface area contributed by atoms with Crippen molar-refractivity contribution in [1.82, 2.24) is 4.98 Å². The lowest BCUT2D eigenvalue weighted by atomic mass is 10.1. The van der Waals surface area contributed by atoms with Gasteiger partial charge in [0.1, 0.15) is 17.5 Å². The van der Waals surface area contributed by atoms with Crippen LogP contribution in [0.1, 0.15) is 5.56 Å². The molecule has 0 aliphatic carbocycles. The molecule has 0 atom stereocenters. The highest BCUT2D eigenvalue weighted by Gasteiger charge is 2.15. The van der Waals surface area contributed by atoms with E-state index < -0.39 is 23.4 Å². The Bertz CT molecular complexity index is 925. The van der Waals surface area contributed by atoms with Crippen LogP contribution in [0.25, 0.3) is 11.3 Å². The van der Waals surface area contributed by atoms with E-state index >= 15 is 0 Å². The molecule has 128 valence electrons. The number of aromatic nitrogens is 1. The van der Waals surface area contributed by atoms with Crippen molar-refractivity contribution in [2.75, 3.05) is 5.32 Å². The van der Waals surface area contributed by atoms with E-state index in [1.807, 2.05) is 0 Å². The number of amides is 1. The quantitative estimate of drug-likeness (QED) is 0.685. The molecule has 1 heterocycles. The van der Waals surface area contributed by atoms with Crippen LogP contribution in [0.2, 0.25) is 5.02 Å². The van der Waals surface area contributed by atoms with Gasteiger partial charge >= 0.3 is 0 Å². The fourth-order valence-electron chi connectivity index (χ4n) is 2.18. The first-order chi connectivity index (χ1) is 11.9. The van der Waals surface area contributed by atoms with Crippen LogP contribution < -0.4 is 5.32 Å². The Balaban J connectivity index is 1.74. The Kier molecular flexibility index (Phi) is 5.06. The molecule has 3 aromatic rings. The summed E-state index contributed by atoms with van der Waals surface area (Å²) in [6, 6.07) is 7.30. The lowest BCUT2D eigenvalue weighted by Gasteiger charge is -2.05. The van der Waals surface area contributed by atoms with Gasteiger partial charge in [-0.15, -0.1) is 11.3 Å². The van der Waals surface area contributed by atoms with Crippen LogP contribution in [0.5, 0.6) is 0 Å². The monoisotopic (exact) mass is 382 g/mol. The third-order valence-corrected chi connectivity index (χ3v) is 4.47.